The van der Waals surface area contributed by atoms with Crippen LogP contribution in [0.15, 0.2) is 0 Å². The molecule has 0 heterocycles. The predicted octanol–water partition coefficient (Wildman–Crippen LogP) is 2.41. The number of carbonyl (C=O) groups is 1. The van der Waals surface area contributed by atoms with Crippen molar-refractivity contribution in [1.82, 2.24) is 5.32 Å². The van der Waals surface area contributed by atoms with Gasteiger partial charge >= 0.3 is 0 Å². The molecule has 3 fully saturated rings. The second kappa shape index (κ2) is 3.90. The number of fused-ring (bicyclic) bond motifs is 5. The van der Waals surface area contributed by atoms with Crippen molar-refractivity contribution in [3.8, 4) is 0 Å². The predicted molar refractivity (Wildman–Crippen MR) is 64.2 cm³/mol. The van der Waals surface area contributed by atoms with Crippen LogP contribution in [0.5, 0.6) is 0 Å². The molecular formula is C13H20ClNO. The monoisotopic (exact) mass is 241 g/mol. The van der Waals surface area contributed by atoms with E-state index in [-0.39, 0.29) is 6.04 Å². The van der Waals surface area contributed by atoms with Gasteiger partial charge in [0.15, 0.2) is 0 Å². The van der Waals surface area contributed by atoms with Crippen LogP contribution < -0.4 is 5.32 Å². The normalized spacial score (nSPS) is 45.2. The standard InChI is InChI=1S/C13H20ClNO/c1-7(4-5-14)15-13(16)12-10-8-2-3-9(6-8)11(10)12/h7-12H,2-6H2,1H3,(H,15,16). The molecule has 2 bridgehead atoms. The number of alkyl halides is 1. The number of hydrogen-bond donors (Lipinski definition) is 1. The minimum absolute atomic E-state index is 0.240. The molecule has 0 radical (unpaired) electrons. The highest BCUT2D eigenvalue weighted by atomic mass is 35.5. The first-order valence-electron chi connectivity index (χ1n) is 6.58. The van der Waals surface area contributed by atoms with Crippen LogP contribution in [0.1, 0.15) is 32.6 Å². The molecule has 3 aliphatic carbocycles. The summed E-state index contributed by atoms with van der Waals surface area (Å²) in [5.41, 5.74) is 0. The molecule has 90 valence electrons. The van der Waals surface area contributed by atoms with Gasteiger partial charge in [-0.3, -0.25) is 4.79 Å². The zero-order valence-electron chi connectivity index (χ0n) is 9.79. The van der Waals surface area contributed by atoms with E-state index in [2.05, 4.69) is 5.32 Å². The summed E-state index contributed by atoms with van der Waals surface area (Å²) >= 11 is 5.68. The Balaban J connectivity index is 1.55. The van der Waals surface area contributed by atoms with Crippen LogP contribution in [-0.2, 0) is 4.79 Å². The lowest BCUT2D eigenvalue weighted by Crippen LogP contribution is -2.35. The number of halogens is 1. The average Bonchev–Trinajstić information content (AvgIpc) is 2.69. The summed E-state index contributed by atoms with van der Waals surface area (Å²) in [6.45, 7) is 2.05. The highest BCUT2D eigenvalue weighted by Crippen LogP contribution is 2.69. The van der Waals surface area contributed by atoms with Gasteiger partial charge in [0.2, 0.25) is 5.91 Å². The molecule has 16 heavy (non-hydrogen) atoms. The molecule has 0 aromatic rings. The van der Waals surface area contributed by atoms with Gasteiger partial charge in [0.1, 0.15) is 0 Å². The van der Waals surface area contributed by atoms with Crippen molar-refractivity contribution in [1.29, 1.82) is 0 Å². The first-order valence-corrected chi connectivity index (χ1v) is 7.12. The smallest absolute Gasteiger partial charge is 0.223 e. The lowest BCUT2D eigenvalue weighted by atomic mass is 10.0. The van der Waals surface area contributed by atoms with Crippen LogP contribution in [0.2, 0.25) is 0 Å². The maximum Gasteiger partial charge on any atom is 0.223 e. The third kappa shape index (κ3) is 1.57. The minimum atomic E-state index is 0.240. The quantitative estimate of drug-likeness (QED) is 0.753. The largest absolute Gasteiger partial charge is 0.353 e. The molecule has 3 saturated carbocycles. The molecule has 5 atom stereocenters. The number of carbonyl (C=O) groups excluding carboxylic acids is 1. The summed E-state index contributed by atoms with van der Waals surface area (Å²) < 4.78 is 0. The summed E-state index contributed by atoms with van der Waals surface area (Å²) in [5.74, 6) is 4.57. The molecule has 0 aromatic carbocycles. The van der Waals surface area contributed by atoms with Gasteiger partial charge in [0.05, 0.1) is 0 Å². The Morgan fingerprint density at radius 3 is 2.56 bits per heavy atom. The molecule has 0 aromatic heterocycles. The first kappa shape index (κ1) is 10.9. The van der Waals surface area contributed by atoms with Gasteiger partial charge in [-0.05, 0) is 56.3 Å². The van der Waals surface area contributed by atoms with Crippen molar-refractivity contribution in [2.24, 2.45) is 29.6 Å². The van der Waals surface area contributed by atoms with Crippen molar-refractivity contribution in [3.63, 3.8) is 0 Å². The Bertz CT molecular complexity index is 290. The topological polar surface area (TPSA) is 29.1 Å². The van der Waals surface area contributed by atoms with Crippen molar-refractivity contribution in [2.75, 3.05) is 5.88 Å². The Labute approximate surface area is 102 Å². The van der Waals surface area contributed by atoms with Crippen molar-refractivity contribution < 1.29 is 4.79 Å². The molecular weight excluding hydrogens is 222 g/mol. The lowest BCUT2D eigenvalue weighted by molar-refractivity contribution is -0.123. The average molecular weight is 242 g/mol. The Kier molecular flexibility index (Phi) is 2.66. The summed E-state index contributed by atoms with van der Waals surface area (Å²) in [4.78, 5) is 12.1. The van der Waals surface area contributed by atoms with Gasteiger partial charge in [-0.2, -0.15) is 0 Å². The molecule has 3 rings (SSSR count). The fraction of sp³-hybridized carbons (Fsp3) is 0.923. The number of rotatable bonds is 4. The van der Waals surface area contributed by atoms with Gasteiger partial charge < -0.3 is 5.32 Å². The zero-order chi connectivity index (χ0) is 11.3. The van der Waals surface area contributed by atoms with E-state index in [1.165, 1.54) is 19.3 Å². The maximum atomic E-state index is 12.1. The summed E-state index contributed by atoms with van der Waals surface area (Å²) in [5, 5.41) is 3.12. The fourth-order valence-electron chi connectivity index (χ4n) is 4.25. The van der Waals surface area contributed by atoms with E-state index < -0.39 is 0 Å². The number of hydrogen-bond acceptors (Lipinski definition) is 1. The van der Waals surface area contributed by atoms with Crippen LogP contribution >= 0.6 is 11.6 Å². The molecule has 3 aliphatic rings. The van der Waals surface area contributed by atoms with Gasteiger partial charge in [-0.15, -0.1) is 11.6 Å². The van der Waals surface area contributed by atoms with Crippen molar-refractivity contribution in [3.05, 3.63) is 0 Å². The molecule has 0 aliphatic heterocycles. The number of nitrogens with one attached hydrogen (secondary N) is 1. The fourth-order valence-corrected chi connectivity index (χ4v) is 4.58. The number of amides is 1. The van der Waals surface area contributed by atoms with Crippen molar-refractivity contribution >= 4 is 17.5 Å². The van der Waals surface area contributed by atoms with E-state index in [9.17, 15) is 4.79 Å². The summed E-state index contributed by atoms with van der Waals surface area (Å²) in [7, 11) is 0. The van der Waals surface area contributed by atoms with E-state index in [0.29, 0.717) is 17.7 Å². The minimum Gasteiger partial charge on any atom is -0.353 e. The molecule has 1 amide bonds. The zero-order valence-corrected chi connectivity index (χ0v) is 10.5. The van der Waals surface area contributed by atoms with E-state index in [4.69, 9.17) is 11.6 Å². The van der Waals surface area contributed by atoms with E-state index >= 15 is 0 Å². The van der Waals surface area contributed by atoms with Crippen LogP contribution in [-0.4, -0.2) is 17.8 Å². The molecule has 5 unspecified atom stereocenters. The highest BCUT2D eigenvalue weighted by molar-refractivity contribution is 6.17. The summed E-state index contributed by atoms with van der Waals surface area (Å²) in [6, 6.07) is 0.240. The molecule has 3 heteroatoms. The molecule has 2 nitrogen and oxygen atoms in total. The van der Waals surface area contributed by atoms with Crippen LogP contribution in [0.25, 0.3) is 0 Å². The third-order valence-corrected chi connectivity index (χ3v) is 5.19. The Hall–Kier alpha value is -0.240. The van der Waals surface area contributed by atoms with Gasteiger partial charge in [-0.25, -0.2) is 0 Å². The van der Waals surface area contributed by atoms with Crippen LogP contribution in [0.4, 0.5) is 0 Å². The van der Waals surface area contributed by atoms with E-state index in [1.54, 1.807) is 0 Å². The SMILES string of the molecule is CC(CCCl)NC(=O)C1C2C3CCC(C3)C12. The van der Waals surface area contributed by atoms with Crippen LogP contribution in [0.3, 0.4) is 0 Å². The van der Waals surface area contributed by atoms with Gasteiger partial charge in [0.25, 0.3) is 0 Å². The third-order valence-electron chi connectivity index (χ3n) is 4.97. The lowest BCUT2D eigenvalue weighted by Gasteiger charge is -2.14. The molecule has 0 saturated heterocycles. The second-order valence-corrected chi connectivity index (χ2v) is 6.28. The molecule has 1 N–H and O–H groups in total. The second-order valence-electron chi connectivity index (χ2n) is 5.90. The Morgan fingerprint density at radius 1 is 1.38 bits per heavy atom. The van der Waals surface area contributed by atoms with Crippen molar-refractivity contribution in [2.45, 2.75) is 38.6 Å². The van der Waals surface area contributed by atoms with Gasteiger partial charge in [-0.1, -0.05) is 0 Å². The van der Waals surface area contributed by atoms with E-state index in [1.807, 2.05) is 6.92 Å². The highest BCUT2D eigenvalue weighted by Gasteiger charge is 2.67. The maximum absolute atomic E-state index is 12.1. The summed E-state index contributed by atoms with van der Waals surface area (Å²) in [6.07, 6.45) is 5.05. The van der Waals surface area contributed by atoms with E-state index in [0.717, 1.165) is 30.1 Å². The van der Waals surface area contributed by atoms with Gasteiger partial charge in [0, 0.05) is 17.8 Å². The van der Waals surface area contributed by atoms with Crippen LogP contribution in [0, 0.1) is 29.6 Å². The Morgan fingerprint density at radius 2 is 2.00 bits per heavy atom. The first-order chi connectivity index (χ1) is 7.72. The molecule has 0 spiro atoms.